The molecule has 4 aromatic heterocycles. The van der Waals surface area contributed by atoms with Crippen LogP contribution in [0.4, 0.5) is 0 Å². The van der Waals surface area contributed by atoms with Crippen molar-refractivity contribution in [1.82, 2.24) is 39.4 Å². The van der Waals surface area contributed by atoms with E-state index in [4.69, 9.17) is 18.9 Å². The number of aromatic amines is 1. The molecule has 0 spiro atoms. The predicted molar refractivity (Wildman–Crippen MR) is 249 cm³/mol. The summed E-state index contributed by atoms with van der Waals surface area (Å²) in [7, 11) is 0. The van der Waals surface area contributed by atoms with Crippen molar-refractivity contribution in [2.45, 2.75) is 95.7 Å². The van der Waals surface area contributed by atoms with E-state index in [2.05, 4.69) is 54.0 Å². The molecule has 2 atom stereocenters. The Balaban J connectivity index is 0.000000211. The maximum Gasteiger partial charge on any atom is 0.351 e. The summed E-state index contributed by atoms with van der Waals surface area (Å²) in [5.41, 5.74) is 2.67. The summed E-state index contributed by atoms with van der Waals surface area (Å²) in [5.74, 6) is 0.111. The normalized spacial score (nSPS) is 15.7. The minimum absolute atomic E-state index is 0. The number of unbranched alkanes of at least 4 members (excludes halogenated alkanes) is 4. The predicted octanol–water partition coefficient (Wildman–Crippen LogP) is 5.85. The molecule has 0 saturated carbocycles. The molecule has 2 fully saturated rings. The van der Waals surface area contributed by atoms with Gasteiger partial charge in [-0.2, -0.15) is 9.78 Å². The van der Waals surface area contributed by atoms with E-state index in [1.54, 1.807) is 36.7 Å². The molecule has 8 rings (SSSR count). The summed E-state index contributed by atoms with van der Waals surface area (Å²) in [6, 6.07) is 26.4. The van der Waals surface area contributed by atoms with E-state index < -0.39 is 17.6 Å². The number of H-pyrrole nitrogens is 1. The molecule has 66 heavy (non-hydrogen) atoms. The van der Waals surface area contributed by atoms with Crippen LogP contribution in [0.15, 0.2) is 107 Å². The second kappa shape index (κ2) is 26.5. The van der Waals surface area contributed by atoms with E-state index in [9.17, 15) is 28.8 Å². The number of hydrogen-bond acceptors (Lipinski definition) is 12. The zero-order chi connectivity index (χ0) is 45.8. The highest BCUT2D eigenvalue weighted by Crippen LogP contribution is 2.19. The van der Waals surface area contributed by atoms with Crippen LogP contribution in [0.25, 0.3) is 11.3 Å². The van der Waals surface area contributed by atoms with Gasteiger partial charge in [0.05, 0.1) is 31.3 Å². The number of carbonyl (C=O) groups excluding carboxylic acids is 4. The van der Waals surface area contributed by atoms with Gasteiger partial charge in [0, 0.05) is 50.6 Å². The molecule has 6 aromatic rings. The van der Waals surface area contributed by atoms with Crippen LogP contribution in [0.2, 0.25) is 0 Å². The molecule has 0 bridgehead atoms. The van der Waals surface area contributed by atoms with Crippen LogP contribution in [0, 0.1) is 0 Å². The number of piperidine rings is 2. The molecule has 2 saturated heterocycles. The molecule has 19 heteroatoms. The van der Waals surface area contributed by atoms with Gasteiger partial charge in [-0.05, 0) is 74.6 Å². The van der Waals surface area contributed by atoms with Gasteiger partial charge in [-0.25, -0.2) is 14.7 Å². The Hall–Kier alpha value is -6.44. The maximum absolute atomic E-state index is 12.6. The van der Waals surface area contributed by atoms with Crippen LogP contribution in [-0.4, -0.2) is 83.7 Å². The van der Waals surface area contributed by atoms with E-state index >= 15 is 0 Å². The summed E-state index contributed by atoms with van der Waals surface area (Å²) in [5, 5.41) is 15.0. The number of imide groups is 2. The topological polar surface area (TPSA) is 219 Å². The van der Waals surface area contributed by atoms with Crippen molar-refractivity contribution in [3.8, 4) is 11.5 Å². The monoisotopic (exact) mass is 972 g/mol. The first kappa shape index (κ1) is 50.6. The molecule has 0 radical (unpaired) electrons. The standard InChI is InChI=1S/C23H26N4O5.C18H21N3O3.C5H6BrNO2.CH4/c28-21-10-9-19(22(29)24-21)27-23(30)26-12-11-18(15-20(26)25-27)32-14-6-2-5-13-31-16-17-7-3-1-4-8-17;22-18-20-19-17-13-16(9-10-21(17)18)24-12-6-2-5-11-23-14-15-7-3-1-4-8-15;6-3-1-2-4(8)7-5(3)9;/h1,3-4,7-8,11-12,15,19H,2,5-6,9-10,13-14,16H2,(H,24,28,29);1,3-4,7-10,13H,2,5-6,11-12,14H2,(H,20,22);3H,1-2H2,(H,7,8,9);1H4. The molecule has 352 valence electrons. The largest absolute Gasteiger partial charge is 0.493 e. The van der Waals surface area contributed by atoms with Gasteiger partial charge in [0.2, 0.25) is 17.7 Å². The molecule has 6 heterocycles. The number of aromatic nitrogens is 6. The number of hydrogen-bond donors (Lipinski definition) is 3. The summed E-state index contributed by atoms with van der Waals surface area (Å²) >= 11 is 3.12. The second-order valence-corrected chi connectivity index (χ2v) is 16.3. The molecule has 2 aliphatic heterocycles. The zero-order valence-corrected chi connectivity index (χ0v) is 37.5. The lowest BCUT2D eigenvalue weighted by molar-refractivity contribution is -0.136. The third-order valence-electron chi connectivity index (χ3n) is 10.2. The van der Waals surface area contributed by atoms with Crippen LogP contribution < -0.4 is 31.5 Å². The first-order valence-corrected chi connectivity index (χ1v) is 22.5. The van der Waals surface area contributed by atoms with Gasteiger partial charge in [0.15, 0.2) is 11.3 Å². The molecule has 18 nitrogen and oxygen atoms in total. The van der Waals surface area contributed by atoms with Crippen LogP contribution in [0.1, 0.15) is 88.8 Å². The lowest BCUT2D eigenvalue weighted by atomic mass is 10.1. The third kappa shape index (κ3) is 15.6. The van der Waals surface area contributed by atoms with Gasteiger partial charge >= 0.3 is 11.4 Å². The number of nitrogens with zero attached hydrogens (tertiary/aromatic N) is 5. The quantitative estimate of drug-likeness (QED) is 0.0495. The molecule has 3 N–H and O–H groups in total. The molecule has 0 aliphatic carbocycles. The molecule has 2 aromatic carbocycles. The third-order valence-corrected chi connectivity index (χ3v) is 11.1. The smallest absolute Gasteiger partial charge is 0.351 e. The van der Waals surface area contributed by atoms with Gasteiger partial charge in [-0.3, -0.25) is 38.6 Å². The lowest BCUT2D eigenvalue weighted by Gasteiger charge is -2.19. The molecule has 2 aliphatic rings. The van der Waals surface area contributed by atoms with Gasteiger partial charge in [-0.15, -0.1) is 5.10 Å². The second-order valence-electron chi connectivity index (χ2n) is 15.2. The van der Waals surface area contributed by atoms with Crippen molar-refractivity contribution in [2.75, 3.05) is 26.4 Å². The highest BCUT2D eigenvalue weighted by Gasteiger charge is 2.31. The number of rotatable bonds is 19. The fourth-order valence-electron chi connectivity index (χ4n) is 6.70. The van der Waals surface area contributed by atoms with Crippen molar-refractivity contribution in [1.29, 1.82) is 0 Å². The van der Waals surface area contributed by atoms with Crippen LogP contribution in [-0.2, 0) is 41.9 Å². The Kier molecular flexibility index (Phi) is 20.3. The van der Waals surface area contributed by atoms with Gasteiger partial charge < -0.3 is 18.9 Å². The molecule has 4 amide bonds. The van der Waals surface area contributed by atoms with Crippen LogP contribution in [0.3, 0.4) is 0 Å². The Morgan fingerprint density at radius 2 is 1.12 bits per heavy atom. The maximum atomic E-state index is 12.6. The number of carbonyl (C=O) groups is 4. The highest BCUT2D eigenvalue weighted by molar-refractivity contribution is 9.10. The van der Waals surface area contributed by atoms with E-state index in [0.717, 1.165) is 55.6 Å². The number of benzene rings is 2. The fraction of sp³-hybridized carbons (Fsp3) is 0.404. The van der Waals surface area contributed by atoms with Gasteiger partial charge in [0.25, 0.3) is 5.91 Å². The summed E-state index contributed by atoms with van der Waals surface area (Å²) in [4.78, 5) is 68.3. The first-order valence-electron chi connectivity index (χ1n) is 21.6. The first-order chi connectivity index (χ1) is 31.6. The number of amides is 4. The van der Waals surface area contributed by atoms with Gasteiger partial charge in [0.1, 0.15) is 17.5 Å². The molecular formula is C47H57BrN8O10. The highest BCUT2D eigenvalue weighted by atomic mass is 79.9. The number of fused-ring (bicyclic) bond motifs is 2. The van der Waals surface area contributed by atoms with Gasteiger partial charge in [-0.1, -0.05) is 84.0 Å². The van der Waals surface area contributed by atoms with E-state index in [-0.39, 0.29) is 48.5 Å². The summed E-state index contributed by atoms with van der Waals surface area (Å²) in [6.45, 7) is 3.96. The Morgan fingerprint density at radius 3 is 1.67 bits per heavy atom. The van der Waals surface area contributed by atoms with Crippen molar-refractivity contribution in [3.63, 3.8) is 0 Å². The average molecular weight is 974 g/mol. The summed E-state index contributed by atoms with van der Waals surface area (Å²) < 4.78 is 26.7. The Bertz CT molecular complexity index is 2600. The molecular weight excluding hydrogens is 916 g/mol. The summed E-state index contributed by atoms with van der Waals surface area (Å²) in [6.07, 6.45) is 10.6. The number of pyridine rings is 2. The van der Waals surface area contributed by atoms with Crippen molar-refractivity contribution in [3.05, 3.63) is 129 Å². The SMILES string of the molecule is C.O=C1CCC(Br)C(=O)N1.O=C1CCC(n2nc3cc(OCCCCCOCc4ccccc4)ccn3c2=O)C(=O)N1.O=c1[nH]nc2cc(OCCCCCOCc3ccccc3)ccn12. The van der Waals surface area contributed by atoms with Crippen LogP contribution >= 0.6 is 15.9 Å². The fourth-order valence-corrected chi connectivity index (χ4v) is 7.04. The van der Waals surface area contributed by atoms with Crippen molar-refractivity contribution < 1.29 is 38.1 Å². The van der Waals surface area contributed by atoms with Crippen molar-refractivity contribution >= 4 is 50.9 Å². The zero-order valence-electron chi connectivity index (χ0n) is 35.9. The minimum Gasteiger partial charge on any atom is -0.493 e. The van der Waals surface area contributed by atoms with E-state index in [1.807, 2.05) is 48.5 Å². The Morgan fingerprint density at radius 1 is 0.606 bits per heavy atom. The van der Waals surface area contributed by atoms with E-state index in [0.29, 0.717) is 62.9 Å². The van der Waals surface area contributed by atoms with E-state index in [1.165, 1.54) is 19.9 Å². The minimum atomic E-state index is -0.784. The number of ether oxygens (including phenoxy) is 4. The van der Waals surface area contributed by atoms with Crippen LogP contribution in [0.5, 0.6) is 11.5 Å². The Labute approximate surface area is 390 Å². The average Bonchev–Trinajstić information content (AvgIpc) is 3.85. The number of nitrogens with one attached hydrogen (secondary N) is 3. The lowest BCUT2D eigenvalue weighted by Crippen LogP contribution is -2.44. The number of alkyl halides is 1. The van der Waals surface area contributed by atoms with Crippen molar-refractivity contribution in [2.24, 2.45) is 0 Å². The number of halogens is 1. The molecule has 2 unspecified atom stereocenters.